The van der Waals surface area contributed by atoms with Gasteiger partial charge in [0.15, 0.2) is 0 Å². The molecule has 2 aliphatic rings. The summed E-state index contributed by atoms with van der Waals surface area (Å²) in [6, 6.07) is 1.03. The largest absolute Gasteiger partial charge is 0.378 e. The highest BCUT2D eigenvalue weighted by atomic mass is 16.5. The number of morpholine rings is 1. The van der Waals surface area contributed by atoms with Gasteiger partial charge < -0.3 is 15.0 Å². The minimum absolute atomic E-state index is 0.514. The second kappa shape index (κ2) is 2.83. The van der Waals surface area contributed by atoms with Crippen molar-refractivity contribution in [3.63, 3.8) is 0 Å². The Kier molecular flexibility index (Phi) is 1.84. The smallest absolute Gasteiger partial charge is 0.0637 e. The fraction of sp³-hybridized carbons (Fsp3) is 0.750. The van der Waals surface area contributed by atoms with Gasteiger partial charge in [0, 0.05) is 25.2 Å². The molecule has 3 heteroatoms. The second-order valence-electron chi connectivity index (χ2n) is 3.23. The summed E-state index contributed by atoms with van der Waals surface area (Å²) in [5, 5.41) is 3.50. The van der Waals surface area contributed by atoms with Crippen LogP contribution in [0.15, 0.2) is 12.8 Å². The second-order valence-corrected chi connectivity index (χ2v) is 3.23. The first-order chi connectivity index (χ1) is 5.38. The minimum Gasteiger partial charge on any atom is -0.378 e. The van der Waals surface area contributed by atoms with Gasteiger partial charge in [0.05, 0.1) is 13.2 Å². The Morgan fingerprint density at radius 3 is 2.55 bits per heavy atom. The molecule has 0 aromatic heterocycles. The van der Waals surface area contributed by atoms with E-state index in [0.29, 0.717) is 12.1 Å². The molecule has 0 aromatic carbocycles. The number of nitrogens with one attached hydrogen (secondary N) is 1. The zero-order chi connectivity index (χ0) is 7.68. The molecule has 2 heterocycles. The molecule has 2 bridgehead atoms. The first kappa shape index (κ1) is 7.13. The summed E-state index contributed by atoms with van der Waals surface area (Å²) in [6.07, 6.45) is 1.92. The summed E-state index contributed by atoms with van der Waals surface area (Å²) in [6.45, 7) is 7.55. The average molecular weight is 154 g/mol. The molecule has 0 amide bonds. The molecule has 2 unspecified atom stereocenters. The van der Waals surface area contributed by atoms with E-state index in [0.717, 1.165) is 26.3 Å². The number of piperazine rings is 1. The van der Waals surface area contributed by atoms with Crippen molar-refractivity contribution in [2.75, 3.05) is 26.3 Å². The van der Waals surface area contributed by atoms with E-state index >= 15 is 0 Å². The van der Waals surface area contributed by atoms with Gasteiger partial charge in [-0.05, 0) is 6.20 Å². The van der Waals surface area contributed by atoms with Crippen LogP contribution in [0.5, 0.6) is 0 Å². The standard InChI is InChI=1S/C8H14N2O/c1-2-10-3-7-5-11-6-8(4-10)9-7/h2,7-9H,1,3-6H2. The molecular weight excluding hydrogens is 140 g/mol. The van der Waals surface area contributed by atoms with E-state index in [9.17, 15) is 0 Å². The first-order valence-corrected chi connectivity index (χ1v) is 4.09. The Labute approximate surface area is 67.0 Å². The molecule has 0 radical (unpaired) electrons. The Balaban J connectivity index is 1.99. The van der Waals surface area contributed by atoms with E-state index in [4.69, 9.17) is 4.74 Å². The van der Waals surface area contributed by atoms with Crippen LogP contribution in [0.25, 0.3) is 0 Å². The van der Waals surface area contributed by atoms with E-state index in [1.807, 2.05) is 6.20 Å². The van der Waals surface area contributed by atoms with Gasteiger partial charge in [0.1, 0.15) is 0 Å². The Bertz CT molecular complexity index is 148. The maximum absolute atomic E-state index is 5.41. The number of ether oxygens (including phenoxy) is 1. The molecule has 2 saturated heterocycles. The molecule has 62 valence electrons. The number of hydrogen-bond acceptors (Lipinski definition) is 3. The lowest BCUT2D eigenvalue weighted by molar-refractivity contribution is 0.00539. The van der Waals surface area contributed by atoms with Gasteiger partial charge in [0.2, 0.25) is 0 Å². The normalized spacial score (nSPS) is 36.9. The Morgan fingerprint density at radius 2 is 2.00 bits per heavy atom. The lowest BCUT2D eigenvalue weighted by atomic mass is 10.1. The quantitative estimate of drug-likeness (QED) is 0.566. The molecule has 1 N–H and O–H groups in total. The zero-order valence-electron chi connectivity index (χ0n) is 6.62. The third-order valence-electron chi connectivity index (χ3n) is 2.28. The maximum Gasteiger partial charge on any atom is 0.0637 e. The van der Waals surface area contributed by atoms with Crippen LogP contribution < -0.4 is 5.32 Å². The van der Waals surface area contributed by atoms with Gasteiger partial charge in [-0.1, -0.05) is 6.58 Å². The zero-order valence-corrected chi connectivity index (χ0v) is 6.62. The summed E-state index contributed by atoms with van der Waals surface area (Å²) in [5.41, 5.74) is 0. The molecule has 2 fully saturated rings. The predicted molar refractivity (Wildman–Crippen MR) is 43.3 cm³/mol. The van der Waals surface area contributed by atoms with Gasteiger partial charge in [-0.15, -0.1) is 0 Å². The van der Waals surface area contributed by atoms with Crippen molar-refractivity contribution >= 4 is 0 Å². The summed E-state index contributed by atoms with van der Waals surface area (Å²) in [7, 11) is 0. The van der Waals surface area contributed by atoms with E-state index < -0.39 is 0 Å². The summed E-state index contributed by atoms with van der Waals surface area (Å²) in [5.74, 6) is 0. The number of hydrogen-bond donors (Lipinski definition) is 1. The van der Waals surface area contributed by atoms with Crippen LogP contribution in [0.2, 0.25) is 0 Å². The van der Waals surface area contributed by atoms with Crippen LogP contribution in [0.3, 0.4) is 0 Å². The van der Waals surface area contributed by atoms with Crippen molar-refractivity contribution in [1.82, 2.24) is 10.2 Å². The molecule has 2 rings (SSSR count). The number of fused-ring (bicyclic) bond motifs is 2. The monoisotopic (exact) mass is 154 g/mol. The molecule has 0 saturated carbocycles. The summed E-state index contributed by atoms with van der Waals surface area (Å²) < 4.78 is 5.41. The van der Waals surface area contributed by atoms with E-state index in [1.54, 1.807) is 0 Å². The molecule has 0 spiro atoms. The highest BCUT2D eigenvalue weighted by Gasteiger charge is 2.28. The SMILES string of the molecule is C=CN1CC2COCC(C1)N2. The molecule has 0 aromatic rings. The van der Waals surface area contributed by atoms with Crippen LogP contribution in [-0.4, -0.2) is 43.3 Å². The molecule has 3 nitrogen and oxygen atoms in total. The van der Waals surface area contributed by atoms with Crippen molar-refractivity contribution in [1.29, 1.82) is 0 Å². The fourth-order valence-electron chi connectivity index (χ4n) is 1.78. The van der Waals surface area contributed by atoms with Crippen LogP contribution in [0, 0.1) is 0 Å². The van der Waals surface area contributed by atoms with Gasteiger partial charge >= 0.3 is 0 Å². The summed E-state index contributed by atoms with van der Waals surface area (Å²) in [4.78, 5) is 2.26. The third-order valence-corrected chi connectivity index (χ3v) is 2.28. The highest BCUT2D eigenvalue weighted by Crippen LogP contribution is 2.09. The van der Waals surface area contributed by atoms with Crippen molar-refractivity contribution in [2.24, 2.45) is 0 Å². The van der Waals surface area contributed by atoms with Gasteiger partial charge in [-0.2, -0.15) is 0 Å². The molecule has 11 heavy (non-hydrogen) atoms. The van der Waals surface area contributed by atoms with Crippen molar-refractivity contribution in [3.05, 3.63) is 12.8 Å². The van der Waals surface area contributed by atoms with E-state index in [1.165, 1.54) is 0 Å². The topological polar surface area (TPSA) is 24.5 Å². The van der Waals surface area contributed by atoms with Crippen LogP contribution in [0.1, 0.15) is 0 Å². The number of nitrogens with zero attached hydrogens (tertiary/aromatic N) is 1. The third kappa shape index (κ3) is 1.39. The predicted octanol–water partition coefficient (Wildman–Crippen LogP) is -0.197. The van der Waals surface area contributed by atoms with Gasteiger partial charge in [0.25, 0.3) is 0 Å². The maximum atomic E-state index is 5.41. The Morgan fingerprint density at radius 1 is 1.36 bits per heavy atom. The fourth-order valence-corrected chi connectivity index (χ4v) is 1.78. The highest BCUT2D eigenvalue weighted by molar-refractivity contribution is 4.91. The molecule has 2 atom stereocenters. The summed E-state index contributed by atoms with van der Waals surface area (Å²) >= 11 is 0. The lowest BCUT2D eigenvalue weighted by Gasteiger charge is -2.41. The van der Waals surface area contributed by atoms with E-state index in [2.05, 4.69) is 16.8 Å². The molecule has 2 aliphatic heterocycles. The first-order valence-electron chi connectivity index (χ1n) is 4.09. The minimum atomic E-state index is 0.514. The lowest BCUT2D eigenvalue weighted by Crippen LogP contribution is -2.61. The van der Waals surface area contributed by atoms with E-state index in [-0.39, 0.29) is 0 Å². The van der Waals surface area contributed by atoms with Crippen LogP contribution >= 0.6 is 0 Å². The van der Waals surface area contributed by atoms with Crippen molar-refractivity contribution < 1.29 is 4.74 Å². The van der Waals surface area contributed by atoms with Crippen LogP contribution in [0.4, 0.5) is 0 Å². The Hall–Kier alpha value is -0.540. The molecule has 0 aliphatic carbocycles. The number of rotatable bonds is 1. The average Bonchev–Trinajstić information content (AvgIpc) is 2.03. The van der Waals surface area contributed by atoms with Crippen molar-refractivity contribution in [2.45, 2.75) is 12.1 Å². The van der Waals surface area contributed by atoms with Gasteiger partial charge in [-0.25, -0.2) is 0 Å². The van der Waals surface area contributed by atoms with Crippen LogP contribution in [-0.2, 0) is 4.74 Å². The molecular formula is C8H14N2O. The van der Waals surface area contributed by atoms with Gasteiger partial charge in [-0.3, -0.25) is 0 Å². The van der Waals surface area contributed by atoms with Crippen molar-refractivity contribution in [3.8, 4) is 0 Å².